The lowest BCUT2D eigenvalue weighted by Crippen LogP contribution is -2.03. The number of nitrogens with one attached hydrogen (secondary N) is 1. The molecule has 2 nitrogen and oxygen atoms in total. The van der Waals surface area contributed by atoms with Crippen molar-refractivity contribution in [2.24, 2.45) is 0 Å². The molecule has 0 aliphatic rings. The van der Waals surface area contributed by atoms with Crippen molar-refractivity contribution >= 4 is 40.5 Å². The Hall–Kier alpha value is -1.09. The Morgan fingerprint density at radius 2 is 1.70 bits per heavy atom. The van der Waals surface area contributed by atoms with Crippen LogP contribution in [0, 0.1) is 6.92 Å². The molecule has 0 atom stereocenters. The molecule has 0 saturated carbocycles. The molecule has 0 heterocycles. The number of halogens is 3. The zero-order valence-electron chi connectivity index (χ0n) is 11.1. The van der Waals surface area contributed by atoms with Crippen molar-refractivity contribution < 1.29 is 4.74 Å². The smallest absolute Gasteiger partial charge is 0.123 e. The summed E-state index contributed by atoms with van der Waals surface area (Å²) < 4.78 is 5.34. The van der Waals surface area contributed by atoms with Crippen molar-refractivity contribution in [3.8, 4) is 5.75 Å². The molecule has 0 bridgehead atoms. The Labute approximate surface area is 133 Å². The Kier molecular flexibility index (Phi) is 5.03. The SMILES string of the molecule is COc1ccc(C)cc1CNc1c(Cl)cc(Cl)cc1Cl. The minimum atomic E-state index is 0.495. The number of aryl methyl sites for hydroxylation is 1. The fourth-order valence-electron chi connectivity index (χ4n) is 1.94. The Morgan fingerprint density at radius 1 is 1.05 bits per heavy atom. The van der Waals surface area contributed by atoms with Gasteiger partial charge in [-0.05, 0) is 25.1 Å². The third kappa shape index (κ3) is 3.51. The molecule has 2 aromatic carbocycles. The lowest BCUT2D eigenvalue weighted by Gasteiger charge is -2.14. The van der Waals surface area contributed by atoms with Gasteiger partial charge >= 0.3 is 0 Å². The average molecular weight is 331 g/mol. The molecule has 0 aromatic heterocycles. The molecule has 0 spiro atoms. The highest BCUT2D eigenvalue weighted by molar-refractivity contribution is 6.41. The molecule has 2 aromatic rings. The molecular weight excluding hydrogens is 317 g/mol. The van der Waals surface area contributed by atoms with E-state index in [1.807, 2.05) is 19.1 Å². The Morgan fingerprint density at radius 3 is 2.30 bits per heavy atom. The van der Waals surface area contributed by atoms with Gasteiger partial charge in [-0.25, -0.2) is 0 Å². The van der Waals surface area contributed by atoms with Crippen molar-refractivity contribution in [3.63, 3.8) is 0 Å². The fourth-order valence-corrected chi connectivity index (χ4v) is 2.89. The van der Waals surface area contributed by atoms with Crippen LogP contribution in [0.25, 0.3) is 0 Å². The molecule has 106 valence electrons. The Balaban J connectivity index is 2.23. The molecule has 0 fully saturated rings. The predicted octanol–water partition coefficient (Wildman–Crippen LogP) is 5.58. The van der Waals surface area contributed by atoms with E-state index >= 15 is 0 Å². The summed E-state index contributed by atoms with van der Waals surface area (Å²) in [6, 6.07) is 9.32. The van der Waals surface area contributed by atoms with Gasteiger partial charge in [-0.1, -0.05) is 52.5 Å². The molecule has 0 aliphatic heterocycles. The first-order valence-electron chi connectivity index (χ1n) is 6.03. The van der Waals surface area contributed by atoms with Gasteiger partial charge in [0.1, 0.15) is 5.75 Å². The van der Waals surface area contributed by atoms with E-state index in [4.69, 9.17) is 39.5 Å². The maximum atomic E-state index is 6.14. The highest BCUT2D eigenvalue weighted by Gasteiger charge is 2.09. The number of rotatable bonds is 4. The second-order valence-electron chi connectivity index (χ2n) is 4.41. The van der Waals surface area contributed by atoms with Crippen LogP contribution in [-0.4, -0.2) is 7.11 Å². The van der Waals surface area contributed by atoms with E-state index in [1.165, 1.54) is 0 Å². The topological polar surface area (TPSA) is 21.3 Å². The molecule has 2 rings (SSSR count). The first-order valence-corrected chi connectivity index (χ1v) is 7.16. The van der Waals surface area contributed by atoms with Gasteiger partial charge in [0, 0.05) is 17.1 Å². The second-order valence-corrected chi connectivity index (χ2v) is 5.66. The first-order chi connectivity index (χ1) is 9.51. The van der Waals surface area contributed by atoms with E-state index in [-0.39, 0.29) is 0 Å². The summed E-state index contributed by atoms with van der Waals surface area (Å²) in [6.45, 7) is 2.59. The van der Waals surface area contributed by atoms with E-state index in [9.17, 15) is 0 Å². The summed E-state index contributed by atoms with van der Waals surface area (Å²) in [5.74, 6) is 0.823. The average Bonchev–Trinajstić information content (AvgIpc) is 2.37. The quantitative estimate of drug-likeness (QED) is 0.790. The molecule has 0 unspecified atom stereocenters. The van der Waals surface area contributed by atoms with Crippen LogP contribution in [0.4, 0.5) is 5.69 Å². The van der Waals surface area contributed by atoms with Crippen molar-refractivity contribution in [1.29, 1.82) is 0 Å². The summed E-state index contributed by atoms with van der Waals surface area (Å²) in [6.07, 6.45) is 0. The van der Waals surface area contributed by atoms with Crippen molar-refractivity contribution in [1.82, 2.24) is 0 Å². The highest BCUT2D eigenvalue weighted by Crippen LogP contribution is 2.34. The van der Waals surface area contributed by atoms with Crippen LogP contribution in [0.2, 0.25) is 15.1 Å². The summed E-state index contributed by atoms with van der Waals surface area (Å²) in [5, 5.41) is 4.73. The summed E-state index contributed by atoms with van der Waals surface area (Å²) in [7, 11) is 1.65. The van der Waals surface area contributed by atoms with Gasteiger partial charge in [0.25, 0.3) is 0 Å². The van der Waals surface area contributed by atoms with Crippen molar-refractivity contribution in [3.05, 3.63) is 56.5 Å². The summed E-state index contributed by atoms with van der Waals surface area (Å²) >= 11 is 18.2. The van der Waals surface area contributed by atoms with Crippen LogP contribution in [0.1, 0.15) is 11.1 Å². The van der Waals surface area contributed by atoms with Crippen molar-refractivity contribution in [2.75, 3.05) is 12.4 Å². The number of hydrogen-bond acceptors (Lipinski definition) is 2. The number of methoxy groups -OCH3 is 1. The van der Waals surface area contributed by atoms with Crippen LogP contribution in [0.5, 0.6) is 5.75 Å². The number of ether oxygens (including phenoxy) is 1. The van der Waals surface area contributed by atoms with Gasteiger partial charge in [-0.15, -0.1) is 0 Å². The van der Waals surface area contributed by atoms with Crippen molar-refractivity contribution in [2.45, 2.75) is 13.5 Å². The predicted molar refractivity (Wildman–Crippen MR) is 86.5 cm³/mol. The second kappa shape index (κ2) is 6.57. The maximum Gasteiger partial charge on any atom is 0.123 e. The van der Waals surface area contributed by atoms with Crippen LogP contribution in [0.3, 0.4) is 0 Å². The van der Waals surface area contributed by atoms with Crippen LogP contribution in [-0.2, 0) is 6.54 Å². The third-order valence-electron chi connectivity index (χ3n) is 2.90. The highest BCUT2D eigenvalue weighted by atomic mass is 35.5. The first kappa shape index (κ1) is 15.3. The fraction of sp³-hybridized carbons (Fsp3) is 0.200. The van der Waals surface area contributed by atoms with Gasteiger partial charge in [0.2, 0.25) is 0 Å². The molecule has 0 aliphatic carbocycles. The standard InChI is InChI=1S/C15H14Cl3NO/c1-9-3-4-14(20-2)10(5-9)8-19-15-12(17)6-11(16)7-13(15)18/h3-7,19H,8H2,1-2H3. The minimum Gasteiger partial charge on any atom is -0.496 e. The van der Waals surface area contributed by atoms with E-state index in [0.29, 0.717) is 27.3 Å². The van der Waals surface area contributed by atoms with Gasteiger partial charge in [0.05, 0.1) is 22.8 Å². The van der Waals surface area contributed by atoms with E-state index in [1.54, 1.807) is 19.2 Å². The van der Waals surface area contributed by atoms with Crippen LogP contribution < -0.4 is 10.1 Å². The van der Waals surface area contributed by atoms with Crippen LogP contribution >= 0.6 is 34.8 Å². The van der Waals surface area contributed by atoms with E-state index in [0.717, 1.165) is 16.9 Å². The zero-order valence-corrected chi connectivity index (χ0v) is 13.4. The largest absolute Gasteiger partial charge is 0.496 e. The molecule has 0 amide bonds. The van der Waals surface area contributed by atoms with Gasteiger partial charge in [0.15, 0.2) is 0 Å². The molecule has 20 heavy (non-hydrogen) atoms. The zero-order chi connectivity index (χ0) is 14.7. The monoisotopic (exact) mass is 329 g/mol. The Bertz CT molecular complexity index is 606. The number of anilines is 1. The van der Waals surface area contributed by atoms with E-state index in [2.05, 4.69) is 11.4 Å². The minimum absolute atomic E-state index is 0.495. The molecule has 5 heteroatoms. The molecule has 0 saturated heterocycles. The summed E-state index contributed by atoms with van der Waals surface area (Å²) in [4.78, 5) is 0. The van der Waals surface area contributed by atoms with E-state index < -0.39 is 0 Å². The lowest BCUT2D eigenvalue weighted by molar-refractivity contribution is 0.410. The lowest BCUT2D eigenvalue weighted by atomic mass is 10.1. The summed E-state index contributed by atoms with van der Waals surface area (Å²) in [5.41, 5.74) is 2.87. The van der Waals surface area contributed by atoms with Gasteiger partial charge < -0.3 is 10.1 Å². The molecular formula is C15H14Cl3NO. The maximum absolute atomic E-state index is 6.14. The van der Waals surface area contributed by atoms with Gasteiger partial charge in [-0.2, -0.15) is 0 Å². The van der Waals surface area contributed by atoms with Crippen LogP contribution in [0.15, 0.2) is 30.3 Å². The number of hydrogen-bond donors (Lipinski definition) is 1. The number of benzene rings is 2. The molecule has 0 radical (unpaired) electrons. The normalized spacial score (nSPS) is 10.4. The third-order valence-corrected chi connectivity index (χ3v) is 3.71. The van der Waals surface area contributed by atoms with Gasteiger partial charge in [-0.3, -0.25) is 0 Å². The molecule has 1 N–H and O–H groups in total.